The summed E-state index contributed by atoms with van der Waals surface area (Å²) in [5.41, 5.74) is 0.501. The lowest BCUT2D eigenvalue weighted by Gasteiger charge is -2.02. The van der Waals surface area contributed by atoms with Gasteiger partial charge in [-0.25, -0.2) is 0 Å². The molecule has 0 fully saturated rings. The average molecular weight is 267 g/mol. The number of rotatable bonds is 5. The van der Waals surface area contributed by atoms with Crippen LogP contribution in [0.4, 0.5) is 10.1 Å². The van der Waals surface area contributed by atoms with Gasteiger partial charge in [0.2, 0.25) is 5.82 Å². The molecule has 0 aliphatic carbocycles. The molecule has 0 heterocycles. The van der Waals surface area contributed by atoms with Crippen LogP contribution in [0.3, 0.4) is 0 Å². The molecular weight excluding hydrogens is 253 g/mol. The van der Waals surface area contributed by atoms with Crippen LogP contribution >= 0.6 is 0 Å². The first-order chi connectivity index (χ1) is 8.95. The van der Waals surface area contributed by atoms with E-state index in [9.17, 15) is 19.3 Å². The number of ether oxygens (including phenoxy) is 1. The predicted octanol–water partition coefficient (Wildman–Crippen LogP) is 3.01. The molecule has 1 aromatic rings. The maximum atomic E-state index is 13.4. The number of carbonyl (C=O) groups is 1. The Morgan fingerprint density at radius 3 is 2.79 bits per heavy atom. The second-order valence-electron chi connectivity index (χ2n) is 3.83. The van der Waals surface area contributed by atoms with E-state index in [4.69, 9.17) is 4.74 Å². The van der Waals surface area contributed by atoms with E-state index in [1.807, 2.05) is 0 Å². The van der Waals surface area contributed by atoms with Gasteiger partial charge in [-0.3, -0.25) is 14.9 Å². The van der Waals surface area contributed by atoms with Gasteiger partial charge in [0.15, 0.2) is 0 Å². The Morgan fingerprint density at radius 2 is 2.21 bits per heavy atom. The van der Waals surface area contributed by atoms with Gasteiger partial charge < -0.3 is 4.74 Å². The first-order valence-corrected chi connectivity index (χ1v) is 5.72. The van der Waals surface area contributed by atoms with Crippen molar-refractivity contribution >= 4 is 17.7 Å². The number of carbonyl (C=O) groups excluding carboxylic acids is 1. The quantitative estimate of drug-likeness (QED) is 0.467. The first-order valence-electron chi connectivity index (χ1n) is 5.72. The lowest BCUT2D eigenvalue weighted by atomic mass is 10.1. The van der Waals surface area contributed by atoms with Crippen LogP contribution in [-0.4, -0.2) is 17.5 Å². The Kier molecular flexibility index (Phi) is 5.17. The Hall–Kier alpha value is -2.24. The second-order valence-corrected chi connectivity index (χ2v) is 3.83. The molecule has 0 saturated carbocycles. The molecule has 19 heavy (non-hydrogen) atoms. The normalized spacial score (nSPS) is 10.7. The van der Waals surface area contributed by atoms with Crippen LogP contribution in [0.25, 0.3) is 6.08 Å². The molecule has 0 radical (unpaired) electrons. The van der Waals surface area contributed by atoms with Gasteiger partial charge in [0.1, 0.15) is 0 Å². The summed E-state index contributed by atoms with van der Waals surface area (Å²) in [6.07, 6.45) is 3.15. The highest BCUT2D eigenvalue weighted by Gasteiger charge is 2.15. The molecule has 0 aromatic heterocycles. The number of benzene rings is 1. The summed E-state index contributed by atoms with van der Waals surface area (Å²) in [5.74, 6) is -1.27. The van der Waals surface area contributed by atoms with Crippen LogP contribution in [0, 0.1) is 22.9 Å². The fraction of sp³-hybridized carbons (Fsp3) is 0.308. The Balaban J connectivity index is 2.85. The second kappa shape index (κ2) is 6.63. The molecule has 0 aliphatic heterocycles. The molecule has 0 saturated heterocycles. The van der Waals surface area contributed by atoms with Gasteiger partial charge in [0.25, 0.3) is 0 Å². The molecule has 0 N–H and O–H groups in total. The molecule has 5 nitrogen and oxygen atoms in total. The van der Waals surface area contributed by atoms with Crippen molar-refractivity contribution in [1.82, 2.24) is 0 Å². The summed E-state index contributed by atoms with van der Waals surface area (Å²) in [7, 11) is 0. The van der Waals surface area contributed by atoms with Crippen molar-refractivity contribution in [3.05, 3.63) is 45.3 Å². The van der Waals surface area contributed by atoms with E-state index in [1.165, 1.54) is 12.1 Å². The number of hydrogen-bond donors (Lipinski definition) is 0. The van der Waals surface area contributed by atoms with Crippen molar-refractivity contribution in [2.24, 2.45) is 0 Å². The van der Waals surface area contributed by atoms with Gasteiger partial charge in [-0.05, 0) is 31.0 Å². The van der Waals surface area contributed by atoms with Gasteiger partial charge in [0.05, 0.1) is 18.0 Å². The van der Waals surface area contributed by atoms with Crippen molar-refractivity contribution in [3.8, 4) is 0 Å². The Labute approximate surface area is 109 Å². The molecule has 0 unspecified atom stereocenters. The number of nitrogens with zero attached hydrogens (tertiary/aromatic N) is 1. The van der Waals surface area contributed by atoms with E-state index in [0.717, 1.165) is 6.07 Å². The van der Waals surface area contributed by atoms with Crippen LogP contribution in [0.15, 0.2) is 18.2 Å². The van der Waals surface area contributed by atoms with Crippen LogP contribution in [0.1, 0.15) is 24.5 Å². The van der Waals surface area contributed by atoms with Gasteiger partial charge in [-0.15, -0.1) is 0 Å². The molecular formula is C13H14FNO4. The number of esters is 1. The van der Waals surface area contributed by atoms with E-state index in [0.29, 0.717) is 17.7 Å². The first kappa shape index (κ1) is 14.8. The zero-order valence-electron chi connectivity index (χ0n) is 10.7. The van der Waals surface area contributed by atoms with E-state index in [2.05, 4.69) is 0 Å². The maximum absolute atomic E-state index is 13.4. The van der Waals surface area contributed by atoms with E-state index in [-0.39, 0.29) is 12.4 Å². The van der Waals surface area contributed by atoms with Gasteiger partial charge in [-0.2, -0.15) is 4.39 Å². The fourth-order valence-corrected chi connectivity index (χ4v) is 1.50. The molecule has 0 amide bonds. The van der Waals surface area contributed by atoms with Crippen molar-refractivity contribution in [2.75, 3.05) is 6.61 Å². The van der Waals surface area contributed by atoms with Gasteiger partial charge >= 0.3 is 11.7 Å². The summed E-state index contributed by atoms with van der Waals surface area (Å²) in [5, 5.41) is 10.5. The summed E-state index contributed by atoms with van der Waals surface area (Å²) in [6.45, 7) is 3.64. The molecule has 1 rings (SSSR count). The number of hydrogen-bond acceptors (Lipinski definition) is 4. The Bertz CT molecular complexity index is 526. The molecule has 102 valence electrons. The minimum Gasteiger partial charge on any atom is -0.466 e. The summed E-state index contributed by atoms with van der Waals surface area (Å²) in [6, 6.07) is 2.24. The van der Waals surface area contributed by atoms with Gasteiger partial charge in [0, 0.05) is 6.07 Å². The van der Waals surface area contributed by atoms with Crippen molar-refractivity contribution in [2.45, 2.75) is 20.3 Å². The highest BCUT2D eigenvalue weighted by Crippen LogP contribution is 2.22. The molecule has 0 aliphatic rings. The van der Waals surface area contributed by atoms with Gasteiger partial charge in [-0.1, -0.05) is 12.2 Å². The molecule has 0 atom stereocenters. The van der Waals surface area contributed by atoms with Crippen molar-refractivity contribution in [1.29, 1.82) is 0 Å². The van der Waals surface area contributed by atoms with Crippen molar-refractivity contribution < 1.29 is 18.8 Å². The molecule has 0 spiro atoms. The van der Waals surface area contributed by atoms with E-state index < -0.39 is 16.4 Å². The average Bonchev–Trinajstić information content (AvgIpc) is 2.33. The summed E-state index contributed by atoms with van der Waals surface area (Å²) >= 11 is 0. The molecule has 0 bridgehead atoms. The topological polar surface area (TPSA) is 69.4 Å². The Morgan fingerprint density at radius 1 is 1.53 bits per heavy atom. The highest BCUT2D eigenvalue weighted by molar-refractivity contribution is 5.73. The third-order valence-electron chi connectivity index (χ3n) is 2.42. The smallest absolute Gasteiger partial charge is 0.309 e. The minimum absolute atomic E-state index is 0.0753. The number of halogens is 1. The fourth-order valence-electron chi connectivity index (χ4n) is 1.50. The number of nitro groups is 1. The van der Waals surface area contributed by atoms with Crippen LogP contribution in [-0.2, 0) is 9.53 Å². The lowest BCUT2D eigenvalue weighted by molar-refractivity contribution is -0.387. The maximum Gasteiger partial charge on any atom is 0.309 e. The largest absolute Gasteiger partial charge is 0.466 e. The lowest BCUT2D eigenvalue weighted by Crippen LogP contribution is -2.01. The minimum atomic E-state index is -0.897. The zero-order chi connectivity index (χ0) is 14.4. The third-order valence-corrected chi connectivity index (χ3v) is 2.42. The molecule has 1 aromatic carbocycles. The summed E-state index contributed by atoms with van der Waals surface area (Å²) < 4.78 is 18.2. The SMILES string of the molecule is CCOC(=O)CC=Cc1cc(F)c([N+](=O)[O-])cc1C. The standard InChI is InChI=1S/C13H14FNO4/c1-3-19-13(16)6-4-5-10-8-11(14)12(15(17)18)7-9(10)2/h4-5,7-8H,3,6H2,1-2H3. The zero-order valence-corrected chi connectivity index (χ0v) is 10.7. The number of aryl methyl sites for hydroxylation is 1. The van der Waals surface area contributed by atoms with E-state index >= 15 is 0 Å². The third kappa shape index (κ3) is 4.17. The van der Waals surface area contributed by atoms with Crippen molar-refractivity contribution in [3.63, 3.8) is 0 Å². The number of nitro benzene ring substituents is 1. The van der Waals surface area contributed by atoms with E-state index in [1.54, 1.807) is 19.9 Å². The monoisotopic (exact) mass is 267 g/mol. The summed E-state index contributed by atoms with van der Waals surface area (Å²) in [4.78, 5) is 20.9. The van der Waals surface area contributed by atoms with Crippen LogP contribution < -0.4 is 0 Å². The van der Waals surface area contributed by atoms with Crippen LogP contribution in [0.5, 0.6) is 0 Å². The predicted molar refractivity (Wildman–Crippen MR) is 68.1 cm³/mol. The van der Waals surface area contributed by atoms with Crippen LogP contribution in [0.2, 0.25) is 0 Å². The molecule has 6 heteroatoms. The highest BCUT2D eigenvalue weighted by atomic mass is 19.1.